The fourth-order valence-electron chi connectivity index (χ4n) is 4.14. The summed E-state index contributed by atoms with van der Waals surface area (Å²) in [5.74, 6) is 0.904. The maximum absolute atomic E-state index is 13.0. The lowest BCUT2D eigenvalue weighted by Crippen LogP contribution is -2.30. The van der Waals surface area contributed by atoms with Crippen LogP contribution in [0, 0.1) is 0 Å². The van der Waals surface area contributed by atoms with Crippen LogP contribution >= 0.6 is 0 Å². The number of anilines is 1. The van der Waals surface area contributed by atoms with Crippen LogP contribution in [0.5, 0.6) is 0 Å². The van der Waals surface area contributed by atoms with Crippen molar-refractivity contribution in [2.45, 2.75) is 38.5 Å². The molecule has 3 heterocycles. The van der Waals surface area contributed by atoms with Gasteiger partial charge in [0.1, 0.15) is 5.82 Å². The van der Waals surface area contributed by atoms with Crippen LogP contribution in [0.3, 0.4) is 0 Å². The highest BCUT2D eigenvalue weighted by Crippen LogP contribution is 2.23. The van der Waals surface area contributed by atoms with Crippen molar-refractivity contribution >= 4 is 11.7 Å². The SMILES string of the molecule is CN(CCCCCc1cc(-c2ccccc2)n[nH]1)C(=O)c1cccnc1N1CCCC1. The molecule has 1 aromatic carbocycles. The summed E-state index contributed by atoms with van der Waals surface area (Å²) < 4.78 is 0. The van der Waals surface area contributed by atoms with Crippen molar-refractivity contribution in [2.24, 2.45) is 0 Å². The highest BCUT2D eigenvalue weighted by Gasteiger charge is 2.22. The van der Waals surface area contributed by atoms with Crippen LogP contribution in [0.1, 0.15) is 48.2 Å². The van der Waals surface area contributed by atoms with Crippen molar-refractivity contribution < 1.29 is 4.79 Å². The first-order valence-corrected chi connectivity index (χ1v) is 11.3. The van der Waals surface area contributed by atoms with Gasteiger partial charge >= 0.3 is 0 Å². The van der Waals surface area contributed by atoms with Gasteiger partial charge in [-0.3, -0.25) is 9.89 Å². The molecule has 0 saturated carbocycles. The van der Waals surface area contributed by atoms with E-state index in [2.05, 4.69) is 38.3 Å². The molecule has 6 nitrogen and oxygen atoms in total. The molecule has 1 fully saturated rings. The lowest BCUT2D eigenvalue weighted by atomic mass is 10.1. The van der Waals surface area contributed by atoms with Crippen molar-refractivity contribution in [3.8, 4) is 11.3 Å². The first kappa shape index (κ1) is 21.1. The van der Waals surface area contributed by atoms with Gasteiger partial charge in [-0.2, -0.15) is 5.10 Å². The molecule has 2 aromatic heterocycles. The number of rotatable bonds is 9. The van der Waals surface area contributed by atoms with Gasteiger partial charge in [0.15, 0.2) is 0 Å². The zero-order valence-corrected chi connectivity index (χ0v) is 18.3. The summed E-state index contributed by atoms with van der Waals surface area (Å²) in [7, 11) is 1.89. The van der Waals surface area contributed by atoms with E-state index in [0.29, 0.717) is 0 Å². The maximum Gasteiger partial charge on any atom is 0.257 e. The Labute approximate surface area is 184 Å². The first-order chi connectivity index (χ1) is 15.2. The molecule has 0 bridgehead atoms. The molecule has 1 saturated heterocycles. The number of nitrogens with one attached hydrogen (secondary N) is 1. The number of unbranched alkanes of at least 4 members (excludes halogenated alkanes) is 2. The Morgan fingerprint density at radius 2 is 1.87 bits per heavy atom. The molecule has 1 amide bonds. The van der Waals surface area contributed by atoms with Crippen LogP contribution in [0.25, 0.3) is 11.3 Å². The van der Waals surface area contributed by atoms with E-state index in [9.17, 15) is 4.79 Å². The summed E-state index contributed by atoms with van der Waals surface area (Å²) in [5.41, 5.74) is 4.01. The molecule has 1 aliphatic heterocycles. The number of carbonyl (C=O) groups is 1. The van der Waals surface area contributed by atoms with Gasteiger partial charge < -0.3 is 9.80 Å². The third-order valence-electron chi connectivity index (χ3n) is 5.91. The number of aryl methyl sites for hydroxylation is 1. The van der Waals surface area contributed by atoms with E-state index in [-0.39, 0.29) is 5.91 Å². The molecule has 31 heavy (non-hydrogen) atoms. The summed E-state index contributed by atoms with van der Waals surface area (Å²) in [6, 6.07) is 16.1. The van der Waals surface area contributed by atoms with Crippen molar-refractivity contribution in [3.05, 3.63) is 66.0 Å². The summed E-state index contributed by atoms with van der Waals surface area (Å²) >= 11 is 0. The van der Waals surface area contributed by atoms with Crippen molar-refractivity contribution in [3.63, 3.8) is 0 Å². The molecule has 0 radical (unpaired) electrons. The Morgan fingerprint density at radius 1 is 1.06 bits per heavy atom. The maximum atomic E-state index is 13.0. The number of hydrogen-bond donors (Lipinski definition) is 1. The van der Waals surface area contributed by atoms with Gasteiger partial charge in [0.25, 0.3) is 5.91 Å². The average molecular weight is 418 g/mol. The Bertz CT molecular complexity index is 978. The number of aromatic nitrogens is 3. The molecule has 3 aromatic rings. The Balaban J connectivity index is 1.23. The zero-order valence-electron chi connectivity index (χ0n) is 18.3. The number of carbonyl (C=O) groups excluding carboxylic acids is 1. The van der Waals surface area contributed by atoms with Crippen LogP contribution in [0.2, 0.25) is 0 Å². The number of benzene rings is 1. The largest absolute Gasteiger partial charge is 0.356 e. The Hall–Kier alpha value is -3.15. The molecule has 0 unspecified atom stereocenters. The van der Waals surface area contributed by atoms with Crippen molar-refractivity contribution in [1.82, 2.24) is 20.1 Å². The molecular weight excluding hydrogens is 386 g/mol. The molecule has 162 valence electrons. The second-order valence-electron chi connectivity index (χ2n) is 8.25. The number of pyridine rings is 1. The molecule has 0 atom stereocenters. The average Bonchev–Trinajstić information content (AvgIpc) is 3.51. The van der Waals surface area contributed by atoms with Gasteiger partial charge in [0.2, 0.25) is 0 Å². The number of aromatic amines is 1. The van der Waals surface area contributed by atoms with E-state index in [1.54, 1.807) is 6.20 Å². The predicted octanol–water partition coefficient (Wildman–Crippen LogP) is 4.56. The van der Waals surface area contributed by atoms with E-state index >= 15 is 0 Å². The highest BCUT2D eigenvalue weighted by atomic mass is 16.2. The molecule has 4 rings (SSSR count). The minimum Gasteiger partial charge on any atom is -0.356 e. The smallest absolute Gasteiger partial charge is 0.257 e. The fourth-order valence-corrected chi connectivity index (χ4v) is 4.14. The topological polar surface area (TPSA) is 65.1 Å². The second-order valence-corrected chi connectivity index (χ2v) is 8.25. The van der Waals surface area contributed by atoms with Gasteiger partial charge in [-0.15, -0.1) is 0 Å². The molecule has 0 aliphatic carbocycles. The predicted molar refractivity (Wildman–Crippen MR) is 124 cm³/mol. The highest BCUT2D eigenvalue weighted by molar-refractivity contribution is 5.98. The minimum atomic E-state index is 0.0658. The molecule has 6 heteroatoms. The van der Waals surface area contributed by atoms with Crippen molar-refractivity contribution in [2.75, 3.05) is 31.6 Å². The van der Waals surface area contributed by atoms with E-state index in [0.717, 1.165) is 73.7 Å². The standard InChI is InChI=1S/C25H31N5O/c1-29(25(31)22-14-10-15-26-24(22)30-17-8-9-18-30)16-7-3-6-13-21-19-23(28-27-21)20-11-4-2-5-12-20/h2,4-5,10-12,14-15,19H,3,6-9,13,16-18H2,1H3,(H,27,28). The fraction of sp³-hybridized carbons (Fsp3) is 0.400. The lowest BCUT2D eigenvalue weighted by molar-refractivity contribution is 0.0793. The molecule has 1 N–H and O–H groups in total. The summed E-state index contributed by atoms with van der Waals surface area (Å²) in [6.07, 6.45) is 8.23. The summed E-state index contributed by atoms with van der Waals surface area (Å²) in [6.45, 7) is 2.73. The zero-order chi connectivity index (χ0) is 21.5. The van der Waals surface area contributed by atoms with E-state index in [1.807, 2.05) is 42.3 Å². The summed E-state index contributed by atoms with van der Waals surface area (Å²) in [4.78, 5) is 21.6. The third-order valence-corrected chi connectivity index (χ3v) is 5.91. The Kier molecular flexibility index (Phi) is 6.97. The van der Waals surface area contributed by atoms with Crippen LogP contribution in [-0.4, -0.2) is 52.7 Å². The van der Waals surface area contributed by atoms with Crippen molar-refractivity contribution in [1.29, 1.82) is 0 Å². The van der Waals surface area contributed by atoms with Gasteiger partial charge in [0, 0.05) is 44.1 Å². The van der Waals surface area contributed by atoms with Crippen LogP contribution in [0.15, 0.2) is 54.7 Å². The van der Waals surface area contributed by atoms with Gasteiger partial charge in [-0.1, -0.05) is 36.8 Å². The molecule has 0 spiro atoms. The van der Waals surface area contributed by atoms with E-state index in [4.69, 9.17) is 0 Å². The van der Waals surface area contributed by atoms with E-state index < -0.39 is 0 Å². The monoisotopic (exact) mass is 417 g/mol. The normalized spacial score (nSPS) is 13.5. The number of hydrogen-bond acceptors (Lipinski definition) is 4. The van der Waals surface area contributed by atoms with Gasteiger partial charge in [-0.05, 0) is 50.3 Å². The molecule has 1 aliphatic rings. The van der Waals surface area contributed by atoms with Gasteiger partial charge in [-0.25, -0.2) is 4.98 Å². The van der Waals surface area contributed by atoms with Gasteiger partial charge in [0.05, 0.1) is 11.3 Å². The first-order valence-electron chi connectivity index (χ1n) is 11.3. The number of amides is 1. The number of H-pyrrole nitrogens is 1. The Morgan fingerprint density at radius 3 is 2.68 bits per heavy atom. The summed E-state index contributed by atoms with van der Waals surface area (Å²) in [5, 5.41) is 7.57. The minimum absolute atomic E-state index is 0.0658. The quantitative estimate of drug-likeness (QED) is 0.519. The van der Waals surface area contributed by atoms with Crippen LogP contribution in [0.4, 0.5) is 5.82 Å². The number of nitrogens with zero attached hydrogens (tertiary/aromatic N) is 4. The third kappa shape index (κ3) is 5.32. The molecular formula is C25H31N5O. The van der Waals surface area contributed by atoms with Crippen LogP contribution in [-0.2, 0) is 6.42 Å². The van der Waals surface area contributed by atoms with E-state index in [1.165, 1.54) is 12.8 Å². The lowest BCUT2D eigenvalue weighted by Gasteiger charge is -2.23. The van der Waals surface area contributed by atoms with Crippen LogP contribution < -0.4 is 4.90 Å². The second kappa shape index (κ2) is 10.2.